The largest absolute Gasteiger partial charge is 0.480 e. The molecular weight excluding hydrogens is 657 g/mol. The van der Waals surface area contributed by atoms with E-state index in [1.807, 2.05) is 0 Å². The van der Waals surface area contributed by atoms with Crippen molar-refractivity contribution in [3.05, 3.63) is 24.3 Å². The minimum Gasteiger partial charge on any atom is -0.480 e. The Morgan fingerprint density at radius 1 is 0.640 bits per heavy atom. The summed E-state index contributed by atoms with van der Waals surface area (Å²) in [6.07, 6.45) is 36.5. The molecule has 0 aromatic heterocycles. The van der Waals surface area contributed by atoms with Crippen LogP contribution < -0.4 is 5.73 Å². The summed E-state index contributed by atoms with van der Waals surface area (Å²) in [7, 11) is -4.61. The van der Waals surface area contributed by atoms with Gasteiger partial charge in [0.05, 0.1) is 19.8 Å². The predicted octanol–water partition coefficient (Wildman–Crippen LogP) is 10.4. The van der Waals surface area contributed by atoms with Gasteiger partial charge in [-0.3, -0.25) is 18.6 Å². The Balaban J connectivity index is 4.30. The minimum atomic E-state index is -4.61. The Morgan fingerprint density at radius 2 is 1.12 bits per heavy atom. The van der Waals surface area contributed by atoms with Crippen LogP contribution in [0.25, 0.3) is 0 Å². The molecule has 0 saturated heterocycles. The Morgan fingerprint density at radius 3 is 1.68 bits per heavy atom. The van der Waals surface area contributed by atoms with Gasteiger partial charge in [-0.05, 0) is 38.5 Å². The fraction of sp³-hybridized carbons (Fsp3) is 0.846. The Bertz CT molecular complexity index is 899. The molecule has 0 heterocycles. The fourth-order valence-corrected chi connectivity index (χ4v) is 6.10. The lowest BCUT2D eigenvalue weighted by Gasteiger charge is -2.20. The third-order valence-electron chi connectivity index (χ3n) is 8.48. The number of hydrogen-bond donors (Lipinski definition) is 3. The highest BCUT2D eigenvalue weighted by atomic mass is 31.2. The van der Waals surface area contributed by atoms with Gasteiger partial charge in [-0.25, -0.2) is 4.57 Å². The van der Waals surface area contributed by atoms with Crippen LogP contribution >= 0.6 is 7.82 Å². The van der Waals surface area contributed by atoms with Gasteiger partial charge in [0.15, 0.2) is 0 Å². The van der Waals surface area contributed by atoms with Crippen LogP contribution in [0.3, 0.4) is 0 Å². The molecular formula is C39H74NO9P. The molecule has 4 N–H and O–H groups in total. The van der Waals surface area contributed by atoms with Crippen LogP contribution in [0.15, 0.2) is 24.3 Å². The zero-order valence-electron chi connectivity index (χ0n) is 31.7. The van der Waals surface area contributed by atoms with Crippen molar-refractivity contribution in [2.75, 3.05) is 26.4 Å². The zero-order valence-corrected chi connectivity index (χ0v) is 32.6. The standard InChI is InChI=1S/C39H74NO9P/c1-3-5-7-9-11-13-15-17-19-21-23-25-27-29-31-38(41)49-36(34-47-50(44,45)48-35-37(40)39(42)43)33-46-32-30-28-26-24-22-20-18-16-14-12-10-8-6-4-2/h9,11,15,17,36-37H,3-8,10,12-14,16,18-35,40H2,1-2H3,(H,42,43)(H,44,45)/b11-9-,17-15-. The van der Waals surface area contributed by atoms with Crippen LogP contribution in [0.2, 0.25) is 0 Å². The number of unbranched alkanes of at least 4 members (excludes halogenated alkanes) is 20. The third kappa shape index (κ3) is 34.9. The van der Waals surface area contributed by atoms with Gasteiger partial charge in [-0.2, -0.15) is 0 Å². The Kier molecular flexibility index (Phi) is 34.7. The van der Waals surface area contributed by atoms with Gasteiger partial charge in [-0.15, -0.1) is 0 Å². The summed E-state index contributed by atoms with van der Waals surface area (Å²) < 4.78 is 33.2. The molecule has 10 nitrogen and oxygen atoms in total. The van der Waals surface area contributed by atoms with E-state index in [1.165, 1.54) is 83.5 Å². The highest BCUT2D eigenvalue weighted by Crippen LogP contribution is 2.43. The SMILES string of the molecule is CCCC/C=C\C/C=C\CCCCCCCC(=O)OC(COCCCCCCCCCCCCCCCC)COP(=O)(O)OCC(N)C(=O)O. The first kappa shape index (κ1) is 48.5. The molecule has 0 radical (unpaired) electrons. The molecule has 0 saturated carbocycles. The van der Waals surface area contributed by atoms with E-state index in [1.54, 1.807) is 0 Å². The van der Waals surface area contributed by atoms with E-state index in [0.29, 0.717) is 13.0 Å². The Hall–Kier alpha value is -1.55. The van der Waals surface area contributed by atoms with Crippen molar-refractivity contribution in [2.45, 2.75) is 187 Å². The monoisotopic (exact) mass is 732 g/mol. The molecule has 0 aromatic carbocycles. The van der Waals surface area contributed by atoms with Crippen molar-refractivity contribution in [1.29, 1.82) is 0 Å². The number of carboxylic acids is 1. The van der Waals surface area contributed by atoms with Gasteiger partial charge in [0.25, 0.3) is 0 Å². The molecule has 0 bridgehead atoms. The zero-order chi connectivity index (χ0) is 37.0. The molecule has 0 aromatic rings. The minimum absolute atomic E-state index is 0.0148. The molecule has 0 aliphatic heterocycles. The number of phosphoric ester groups is 1. The topological polar surface area (TPSA) is 155 Å². The van der Waals surface area contributed by atoms with E-state index >= 15 is 0 Å². The van der Waals surface area contributed by atoms with Gasteiger partial charge in [-0.1, -0.05) is 154 Å². The summed E-state index contributed by atoms with van der Waals surface area (Å²) >= 11 is 0. The second-order valence-electron chi connectivity index (χ2n) is 13.4. The quantitative estimate of drug-likeness (QED) is 0.0242. The first-order valence-corrected chi connectivity index (χ1v) is 21.4. The van der Waals surface area contributed by atoms with Gasteiger partial charge >= 0.3 is 19.8 Å². The first-order valence-electron chi connectivity index (χ1n) is 19.9. The van der Waals surface area contributed by atoms with Crippen molar-refractivity contribution in [2.24, 2.45) is 5.73 Å². The number of carbonyl (C=O) groups excluding carboxylic acids is 1. The van der Waals surface area contributed by atoms with Crippen LogP contribution in [0, 0.1) is 0 Å². The van der Waals surface area contributed by atoms with E-state index < -0.39 is 45.1 Å². The lowest BCUT2D eigenvalue weighted by atomic mass is 10.0. The number of carbonyl (C=O) groups is 2. The van der Waals surface area contributed by atoms with Crippen molar-refractivity contribution in [1.82, 2.24) is 0 Å². The van der Waals surface area contributed by atoms with E-state index in [9.17, 15) is 19.0 Å². The van der Waals surface area contributed by atoms with E-state index in [0.717, 1.165) is 64.2 Å². The van der Waals surface area contributed by atoms with Crippen LogP contribution in [-0.2, 0) is 32.7 Å². The summed E-state index contributed by atoms with van der Waals surface area (Å²) in [6, 6.07) is -1.47. The summed E-state index contributed by atoms with van der Waals surface area (Å²) in [5.74, 6) is -1.79. The van der Waals surface area contributed by atoms with E-state index in [4.69, 9.17) is 29.4 Å². The number of aliphatic carboxylic acids is 1. The Labute approximate surface area is 304 Å². The van der Waals surface area contributed by atoms with Gasteiger partial charge in [0, 0.05) is 13.0 Å². The molecule has 11 heteroatoms. The van der Waals surface area contributed by atoms with Crippen LogP contribution in [-0.4, -0.2) is 60.5 Å². The van der Waals surface area contributed by atoms with Gasteiger partial charge < -0.3 is 25.2 Å². The van der Waals surface area contributed by atoms with Crippen LogP contribution in [0.5, 0.6) is 0 Å². The van der Waals surface area contributed by atoms with Gasteiger partial charge in [0.2, 0.25) is 0 Å². The molecule has 3 unspecified atom stereocenters. The van der Waals surface area contributed by atoms with Crippen molar-refractivity contribution in [3.8, 4) is 0 Å². The average Bonchev–Trinajstić information content (AvgIpc) is 3.09. The second kappa shape index (κ2) is 35.8. The smallest absolute Gasteiger partial charge is 0.472 e. The van der Waals surface area contributed by atoms with Crippen molar-refractivity contribution < 1.29 is 42.7 Å². The normalized spacial score (nSPS) is 14.3. The van der Waals surface area contributed by atoms with Gasteiger partial charge in [0.1, 0.15) is 12.1 Å². The van der Waals surface area contributed by atoms with E-state index in [-0.39, 0.29) is 13.0 Å². The molecule has 50 heavy (non-hydrogen) atoms. The molecule has 0 aliphatic carbocycles. The second-order valence-corrected chi connectivity index (χ2v) is 14.9. The maximum Gasteiger partial charge on any atom is 0.472 e. The summed E-state index contributed by atoms with van der Waals surface area (Å²) in [6.45, 7) is 3.83. The van der Waals surface area contributed by atoms with Crippen LogP contribution in [0.4, 0.5) is 0 Å². The number of carboxylic acid groups (broad SMARTS) is 1. The lowest BCUT2D eigenvalue weighted by molar-refractivity contribution is -0.154. The summed E-state index contributed by atoms with van der Waals surface area (Å²) in [5, 5.41) is 8.87. The number of hydrogen-bond acceptors (Lipinski definition) is 8. The number of phosphoric acid groups is 1. The maximum atomic E-state index is 12.6. The van der Waals surface area contributed by atoms with Crippen LogP contribution in [0.1, 0.15) is 174 Å². The molecule has 0 rings (SSSR count). The lowest BCUT2D eigenvalue weighted by Crippen LogP contribution is -2.34. The van der Waals surface area contributed by atoms with Crippen molar-refractivity contribution in [3.63, 3.8) is 0 Å². The molecule has 294 valence electrons. The van der Waals surface area contributed by atoms with Crippen molar-refractivity contribution >= 4 is 19.8 Å². The summed E-state index contributed by atoms with van der Waals surface area (Å²) in [5.41, 5.74) is 5.34. The molecule has 0 fully saturated rings. The molecule has 0 amide bonds. The number of esters is 1. The predicted molar refractivity (Wildman–Crippen MR) is 203 cm³/mol. The summed E-state index contributed by atoms with van der Waals surface area (Å²) in [4.78, 5) is 33.4. The first-order chi connectivity index (χ1) is 24.2. The fourth-order valence-electron chi connectivity index (χ4n) is 5.33. The average molecular weight is 732 g/mol. The highest BCUT2D eigenvalue weighted by molar-refractivity contribution is 7.47. The highest BCUT2D eigenvalue weighted by Gasteiger charge is 2.27. The third-order valence-corrected chi connectivity index (χ3v) is 9.43. The molecule has 0 aliphatic rings. The van der Waals surface area contributed by atoms with E-state index in [2.05, 4.69) is 38.2 Å². The molecule has 3 atom stereocenters. The number of rotatable bonds is 38. The maximum absolute atomic E-state index is 12.6. The molecule has 0 spiro atoms. The number of allylic oxidation sites excluding steroid dienone is 4. The number of ether oxygens (including phenoxy) is 2. The number of nitrogens with two attached hydrogens (primary N) is 1.